The molecule has 0 radical (unpaired) electrons. The minimum Gasteiger partial charge on any atom is -0.288 e. The highest BCUT2D eigenvalue weighted by Crippen LogP contribution is 2.30. The van der Waals surface area contributed by atoms with E-state index in [4.69, 9.17) is 23.2 Å². The lowest BCUT2D eigenvalue weighted by atomic mass is 9.97. The molecule has 0 fully saturated rings. The maximum Gasteiger partial charge on any atom is 0.198 e. The fraction of sp³-hybridized carbons (Fsp3) is 0. The van der Waals surface area contributed by atoms with Crippen molar-refractivity contribution in [1.29, 1.82) is 0 Å². The van der Waals surface area contributed by atoms with Gasteiger partial charge in [-0.3, -0.25) is 4.79 Å². The summed E-state index contributed by atoms with van der Waals surface area (Å²) in [5.41, 5.74) is 0.258. The Morgan fingerprint density at radius 2 is 1.52 bits per heavy atom. The lowest BCUT2D eigenvalue weighted by Crippen LogP contribution is -2.06. The zero-order valence-electron chi connectivity index (χ0n) is 10.7. The van der Waals surface area contributed by atoms with Crippen molar-refractivity contribution in [3.63, 3.8) is 0 Å². The average molecular weight is 319 g/mol. The number of ketones is 1. The second-order valence-electron chi connectivity index (χ2n) is 4.57. The molecule has 0 aliphatic heterocycles. The fourth-order valence-electron chi connectivity index (χ4n) is 2.31. The zero-order chi connectivity index (χ0) is 15.0. The molecule has 3 rings (SSSR count). The van der Waals surface area contributed by atoms with Gasteiger partial charge in [-0.1, -0.05) is 53.5 Å². The van der Waals surface area contributed by atoms with E-state index in [1.165, 1.54) is 18.2 Å². The first-order valence-electron chi connectivity index (χ1n) is 6.25. The molecule has 0 aliphatic rings. The predicted molar refractivity (Wildman–Crippen MR) is 83.8 cm³/mol. The Balaban J connectivity index is 2.26. The zero-order valence-corrected chi connectivity index (χ0v) is 12.3. The Kier molecular flexibility index (Phi) is 3.66. The van der Waals surface area contributed by atoms with Gasteiger partial charge in [0.2, 0.25) is 0 Å². The lowest BCUT2D eigenvalue weighted by Gasteiger charge is -2.09. The Hall–Kier alpha value is -1.90. The molecule has 0 aliphatic carbocycles. The van der Waals surface area contributed by atoms with Crippen molar-refractivity contribution >= 4 is 39.8 Å². The van der Waals surface area contributed by atoms with E-state index >= 15 is 0 Å². The summed E-state index contributed by atoms with van der Waals surface area (Å²) in [6.45, 7) is 0. The van der Waals surface area contributed by atoms with E-state index in [2.05, 4.69) is 0 Å². The molecular weight excluding hydrogens is 310 g/mol. The average Bonchev–Trinajstić information content (AvgIpc) is 2.47. The molecule has 1 nitrogen and oxygen atoms in total. The molecule has 0 unspecified atom stereocenters. The van der Waals surface area contributed by atoms with Gasteiger partial charge in [-0.25, -0.2) is 4.39 Å². The number of fused-ring (bicyclic) bond motifs is 1. The van der Waals surface area contributed by atoms with Crippen LogP contribution in [0.15, 0.2) is 54.6 Å². The molecule has 0 spiro atoms. The van der Waals surface area contributed by atoms with E-state index in [1.807, 2.05) is 12.1 Å². The van der Waals surface area contributed by atoms with Crippen LogP contribution >= 0.6 is 23.2 Å². The summed E-state index contributed by atoms with van der Waals surface area (Å²) in [4.78, 5) is 12.6. The van der Waals surface area contributed by atoms with Gasteiger partial charge in [0.1, 0.15) is 5.82 Å². The lowest BCUT2D eigenvalue weighted by molar-refractivity contribution is 0.103. The smallest absolute Gasteiger partial charge is 0.198 e. The number of rotatable bonds is 2. The van der Waals surface area contributed by atoms with E-state index in [0.717, 1.165) is 5.39 Å². The Bertz CT molecular complexity index is 838. The highest BCUT2D eigenvalue weighted by molar-refractivity contribution is 6.38. The molecule has 0 saturated heterocycles. The molecule has 4 heteroatoms. The monoisotopic (exact) mass is 318 g/mol. The Morgan fingerprint density at radius 1 is 0.810 bits per heavy atom. The summed E-state index contributed by atoms with van der Waals surface area (Å²) in [5.74, 6) is -1.09. The Labute approximate surface area is 130 Å². The topological polar surface area (TPSA) is 17.1 Å². The SMILES string of the molecule is O=C(c1c(F)cccc1Cl)c1ccc(Cl)c2ccccc12. The van der Waals surface area contributed by atoms with Crippen LogP contribution in [0, 0.1) is 5.82 Å². The van der Waals surface area contributed by atoms with Gasteiger partial charge in [-0.05, 0) is 29.7 Å². The van der Waals surface area contributed by atoms with E-state index in [1.54, 1.807) is 24.3 Å². The normalized spacial score (nSPS) is 10.8. The first-order valence-corrected chi connectivity index (χ1v) is 7.01. The third-order valence-corrected chi connectivity index (χ3v) is 3.95. The summed E-state index contributed by atoms with van der Waals surface area (Å²) in [7, 11) is 0. The van der Waals surface area contributed by atoms with Crippen LogP contribution in [-0.2, 0) is 0 Å². The second kappa shape index (κ2) is 5.47. The summed E-state index contributed by atoms with van der Waals surface area (Å²) in [6.07, 6.45) is 0. The first-order chi connectivity index (χ1) is 10.1. The third kappa shape index (κ3) is 2.41. The molecular formula is C17H9Cl2FO. The van der Waals surface area contributed by atoms with E-state index in [-0.39, 0.29) is 10.6 Å². The molecule has 0 saturated carbocycles. The molecule has 0 amide bonds. The van der Waals surface area contributed by atoms with Gasteiger partial charge in [-0.2, -0.15) is 0 Å². The van der Waals surface area contributed by atoms with Crippen molar-refractivity contribution in [1.82, 2.24) is 0 Å². The van der Waals surface area contributed by atoms with Crippen molar-refractivity contribution in [2.75, 3.05) is 0 Å². The standard InChI is InChI=1S/C17H9Cl2FO/c18-13-9-8-12(10-4-1-2-5-11(10)13)17(21)16-14(19)6-3-7-15(16)20/h1-9H. The number of hydrogen-bond acceptors (Lipinski definition) is 1. The van der Waals surface area contributed by atoms with E-state index in [0.29, 0.717) is 16.0 Å². The van der Waals surface area contributed by atoms with Gasteiger partial charge in [-0.15, -0.1) is 0 Å². The van der Waals surface area contributed by atoms with Crippen molar-refractivity contribution in [3.8, 4) is 0 Å². The first kappa shape index (κ1) is 14.1. The number of benzene rings is 3. The number of carbonyl (C=O) groups excluding carboxylic acids is 1. The van der Waals surface area contributed by atoms with Crippen LogP contribution in [0.2, 0.25) is 10.0 Å². The highest BCUT2D eigenvalue weighted by atomic mass is 35.5. The summed E-state index contributed by atoms with van der Waals surface area (Å²) < 4.78 is 13.9. The number of carbonyl (C=O) groups is 1. The summed E-state index contributed by atoms with van der Waals surface area (Å²) >= 11 is 12.1. The van der Waals surface area contributed by atoms with Crippen molar-refractivity contribution in [2.45, 2.75) is 0 Å². The molecule has 104 valence electrons. The van der Waals surface area contributed by atoms with Crippen LogP contribution in [0.5, 0.6) is 0 Å². The van der Waals surface area contributed by atoms with Crippen LogP contribution in [0.3, 0.4) is 0 Å². The second-order valence-corrected chi connectivity index (χ2v) is 5.38. The molecule has 0 atom stereocenters. The van der Waals surface area contributed by atoms with Gasteiger partial charge >= 0.3 is 0 Å². The third-order valence-electron chi connectivity index (χ3n) is 3.31. The van der Waals surface area contributed by atoms with E-state index < -0.39 is 11.6 Å². The molecule has 21 heavy (non-hydrogen) atoms. The molecule has 3 aromatic carbocycles. The van der Waals surface area contributed by atoms with Crippen LogP contribution in [0.25, 0.3) is 10.8 Å². The maximum atomic E-state index is 13.9. The largest absolute Gasteiger partial charge is 0.288 e. The van der Waals surface area contributed by atoms with Gasteiger partial charge < -0.3 is 0 Å². The van der Waals surface area contributed by atoms with Crippen LogP contribution in [0.4, 0.5) is 4.39 Å². The van der Waals surface area contributed by atoms with Gasteiger partial charge in [0.25, 0.3) is 0 Å². The number of hydrogen-bond donors (Lipinski definition) is 0. The van der Waals surface area contributed by atoms with Gasteiger partial charge in [0, 0.05) is 16.0 Å². The quantitative estimate of drug-likeness (QED) is 0.569. The highest BCUT2D eigenvalue weighted by Gasteiger charge is 2.20. The van der Waals surface area contributed by atoms with Crippen LogP contribution in [-0.4, -0.2) is 5.78 Å². The minimum absolute atomic E-state index is 0.0963. The van der Waals surface area contributed by atoms with Crippen molar-refractivity contribution in [3.05, 3.63) is 81.6 Å². The molecule has 0 aromatic heterocycles. The van der Waals surface area contributed by atoms with Gasteiger partial charge in [0.15, 0.2) is 5.78 Å². The molecule has 3 aromatic rings. The predicted octanol–water partition coefficient (Wildman–Crippen LogP) is 5.52. The fourth-order valence-corrected chi connectivity index (χ4v) is 2.79. The van der Waals surface area contributed by atoms with E-state index in [9.17, 15) is 9.18 Å². The van der Waals surface area contributed by atoms with Crippen molar-refractivity contribution < 1.29 is 9.18 Å². The number of halogens is 3. The summed E-state index contributed by atoms with van der Waals surface area (Å²) in [5, 5.41) is 2.06. The van der Waals surface area contributed by atoms with Crippen LogP contribution in [0.1, 0.15) is 15.9 Å². The molecule has 0 bridgehead atoms. The maximum absolute atomic E-state index is 13.9. The molecule has 0 N–H and O–H groups in total. The Morgan fingerprint density at radius 3 is 2.24 bits per heavy atom. The van der Waals surface area contributed by atoms with Crippen molar-refractivity contribution in [2.24, 2.45) is 0 Å². The molecule has 0 heterocycles. The summed E-state index contributed by atoms with van der Waals surface area (Å²) in [6, 6.07) is 14.6. The van der Waals surface area contributed by atoms with Gasteiger partial charge in [0.05, 0.1) is 10.6 Å². The van der Waals surface area contributed by atoms with Crippen LogP contribution < -0.4 is 0 Å². The minimum atomic E-state index is -0.633.